The molecule has 0 aliphatic heterocycles. The molecule has 1 unspecified atom stereocenters. The normalized spacial score (nSPS) is 12.5. The van der Waals surface area contributed by atoms with Gasteiger partial charge in [0.1, 0.15) is 0 Å². The lowest BCUT2D eigenvalue weighted by Crippen LogP contribution is -2.29. The van der Waals surface area contributed by atoms with Crippen molar-refractivity contribution in [2.45, 2.75) is 19.9 Å². The number of rotatable bonds is 3. The van der Waals surface area contributed by atoms with E-state index in [2.05, 4.69) is 47.3 Å². The van der Waals surface area contributed by atoms with E-state index in [1.807, 2.05) is 24.3 Å². The van der Waals surface area contributed by atoms with Gasteiger partial charge < -0.3 is 0 Å². The van der Waals surface area contributed by atoms with Crippen LogP contribution in [-0.2, 0) is 0 Å². The second-order valence-electron chi connectivity index (χ2n) is 4.56. The van der Waals surface area contributed by atoms with Crippen LogP contribution in [0, 0.1) is 13.8 Å². The van der Waals surface area contributed by atoms with Gasteiger partial charge >= 0.3 is 0 Å². The number of hydrazine groups is 1. The average Bonchev–Trinajstić information content (AvgIpc) is 2.39. The summed E-state index contributed by atoms with van der Waals surface area (Å²) in [5.74, 6) is 5.74. The SMILES string of the molecule is Cc1cccc(C(NN)c2ccc(Br)c(Cl)c2)c1C. The van der Waals surface area contributed by atoms with Crippen LogP contribution in [0.4, 0.5) is 0 Å². The molecule has 3 N–H and O–H groups in total. The van der Waals surface area contributed by atoms with Crippen LogP contribution in [0.2, 0.25) is 5.02 Å². The first kappa shape index (κ1) is 14.5. The molecule has 0 aromatic heterocycles. The third-order valence-corrected chi connectivity index (χ3v) is 4.63. The molecule has 1 atom stereocenters. The fraction of sp³-hybridized carbons (Fsp3) is 0.200. The fourth-order valence-corrected chi connectivity index (χ4v) is 2.58. The molecule has 0 aliphatic carbocycles. The van der Waals surface area contributed by atoms with Crippen molar-refractivity contribution < 1.29 is 0 Å². The molecule has 0 amide bonds. The summed E-state index contributed by atoms with van der Waals surface area (Å²) < 4.78 is 0.884. The maximum atomic E-state index is 6.16. The molecule has 0 spiro atoms. The molecule has 4 heteroatoms. The zero-order chi connectivity index (χ0) is 14.0. The highest BCUT2D eigenvalue weighted by Crippen LogP contribution is 2.30. The van der Waals surface area contributed by atoms with E-state index in [1.165, 1.54) is 16.7 Å². The molecule has 0 saturated heterocycles. The first-order valence-electron chi connectivity index (χ1n) is 6.01. The van der Waals surface area contributed by atoms with E-state index >= 15 is 0 Å². The average molecular weight is 340 g/mol. The molecule has 0 fully saturated rings. The number of benzene rings is 2. The van der Waals surface area contributed by atoms with E-state index in [9.17, 15) is 0 Å². The van der Waals surface area contributed by atoms with E-state index in [4.69, 9.17) is 17.4 Å². The van der Waals surface area contributed by atoms with Crippen molar-refractivity contribution in [1.82, 2.24) is 5.43 Å². The second-order valence-corrected chi connectivity index (χ2v) is 5.82. The molecule has 2 rings (SSSR count). The minimum Gasteiger partial charge on any atom is -0.271 e. The van der Waals surface area contributed by atoms with E-state index in [-0.39, 0.29) is 6.04 Å². The van der Waals surface area contributed by atoms with Gasteiger partial charge in [0.05, 0.1) is 11.1 Å². The van der Waals surface area contributed by atoms with Gasteiger partial charge in [-0.3, -0.25) is 5.84 Å². The zero-order valence-corrected chi connectivity index (χ0v) is 13.2. The molecule has 2 nitrogen and oxygen atoms in total. The van der Waals surface area contributed by atoms with Crippen LogP contribution in [0.15, 0.2) is 40.9 Å². The van der Waals surface area contributed by atoms with Crippen molar-refractivity contribution in [2.75, 3.05) is 0 Å². The van der Waals surface area contributed by atoms with Gasteiger partial charge in [0.2, 0.25) is 0 Å². The number of hydrogen-bond donors (Lipinski definition) is 2. The highest BCUT2D eigenvalue weighted by Gasteiger charge is 2.16. The molecule has 19 heavy (non-hydrogen) atoms. The lowest BCUT2D eigenvalue weighted by molar-refractivity contribution is 0.633. The van der Waals surface area contributed by atoms with E-state index in [1.54, 1.807) is 0 Å². The number of halogens is 2. The summed E-state index contributed by atoms with van der Waals surface area (Å²) in [6.45, 7) is 4.20. The van der Waals surface area contributed by atoms with Gasteiger partial charge in [-0.05, 0) is 64.2 Å². The van der Waals surface area contributed by atoms with Crippen molar-refractivity contribution in [3.63, 3.8) is 0 Å². The van der Waals surface area contributed by atoms with Gasteiger partial charge in [0.25, 0.3) is 0 Å². The van der Waals surface area contributed by atoms with Crippen molar-refractivity contribution in [3.8, 4) is 0 Å². The third-order valence-electron chi connectivity index (χ3n) is 3.40. The Bertz CT molecular complexity index is 599. The molecule has 0 bridgehead atoms. The molecule has 0 radical (unpaired) electrons. The van der Waals surface area contributed by atoms with Crippen LogP contribution in [0.25, 0.3) is 0 Å². The molecule has 0 saturated carbocycles. The lowest BCUT2D eigenvalue weighted by atomic mass is 9.93. The van der Waals surface area contributed by atoms with Crippen LogP contribution >= 0.6 is 27.5 Å². The molecule has 0 aliphatic rings. The van der Waals surface area contributed by atoms with E-state index < -0.39 is 0 Å². The Labute approximate surface area is 127 Å². The predicted molar refractivity (Wildman–Crippen MR) is 84.2 cm³/mol. The zero-order valence-electron chi connectivity index (χ0n) is 10.9. The first-order chi connectivity index (χ1) is 9.04. The fourth-order valence-electron chi connectivity index (χ4n) is 2.14. The molecular formula is C15H16BrClN2. The Morgan fingerprint density at radius 3 is 2.58 bits per heavy atom. The molecule has 0 heterocycles. The van der Waals surface area contributed by atoms with Gasteiger partial charge in [0, 0.05) is 4.47 Å². The molecule has 100 valence electrons. The largest absolute Gasteiger partial charge is 0.271 e. The van der Waals surface area contributed by atoms with E-state index in [0.29, 0.717) is 5.02 Å². The molecule has 2 aromatic rings. The second kappa shape index (κ2) is 6.06. The Balaban J connectivity index is 2.50. The lowest BCUT2D eigenvalue weighted by Gasteiger charge is -2.20. The van der Waals surface area contributed by atoms with Crippen LogP contribution in [0.1, 0.15) is 28.3 Å². The van der Waals surface area contributed by atoms with Crippen LogP contribution in [0.3, 0.4) is 0 Å². The maximum Gasteiger partial charge on any atom is 0.0713 e. The summed E-state index contributed by atoms with van der Waals surface area (Å²) in [7, 11) is 0. The Kier molecular flexibility index (Phi) is 4.63. The van der Waals surface area contributed by atoms with Gasteiger partial charge in [-0.2, -0.15) is 0 Å². The van der Waals surface area contributed by atoms with E-state index in [0.717, 1.165) is 10.0 Å². The monoisotopic (exact) mass is 338 g/mol. The maximum absolute atomic E-state index is 6.16. The van der Waals surface area contributed by atoms with Gasteiger partial charge in [-0.25, -0.2) is 5.43 Å². The Hall–Kier alpha value is -0.870. The number of nitrogens with two attached hydrogens (primary N) is 1. The minimum absolute atomic E-state index is 0.0644. The van der Waals surface area contributed by atoms with Gasteiger partial charge in [-0.1, -0.05) is 35.9 Å². The molecule has 2 aromatic carbocycles. The number of aryl methyl sites for hydroxylation is 1. The third kappa shape index (κ3) is 3.00. The summed E-state index contributed by atoms with van der Waals surface area (Å²) in [5.41, 5.74) is 7.58. The quantitative estimate of drug-likeness (QED) is 0.647. The predicted octanol–water partition coefficient (Wildman–Crippen LogP) is 4.27. The summed E-state index contributed by atoms with van der Waals surface area (Å²) >= 11 is 9.56. The summed E-state index contributed by atoms with van der Waals surface area (Å²) in [6, 6.07) is 12.0. The smallest absolute Gasteiger partial charge is 0.0713 e. The van der Waals surface area contributed by atoms with Gasteiger partial charge in [-0.15, -0.1) is 0 Å². The topological polar surface area (TPSA) is 38.0 Å². The Morgan fingerprint density at radius 1 is 1.21 bits per heavy atom. The van der Waals surface area contributed by atoms with Crippen LogP contribution in [-0.4, -0.2) is 0 Å². The summed E-state index contributed by atoms with van der Waals surface area (Å²) in [6.07, 6.45) is 0. The van der Waals surface area contributed by atoms with Crippen LogP contribution in [0.5, 0.6) is 0 Å². The molecular weight excluding hydrogens is 324 g/mol. The Morgan fingerprint density at radius 2 is 1.95 bits per heavy atom. The van der Waals surface area contributed by atoms with Gasteiger partial charge in [0.15, 0.2) is 0 Å². The number of hydrogen-bond acceptors (Lipinski definition) is 2. The van der Waals surface area contributed by atoms with Crippen molar-refractivity contribution in [2.24, 2.45) is 5.84 Å². The highest BCUT2D eigenvalue weighted by atomic mass is 79.9. The van der Waals surface area contributed by atoms with Crippen LogP contribution < -0.4 is 11.3 Å². The first-order valence-corrected chi connectivity index (χ1v) is 7.19. The standard InChI is InChI=1S/C15H16BrClN2/c1-9-4-3-5-12(10(9)2)15(19-18)11-6-7-13(16)14(17)8-11/h3-8,15,19H,18H2,1-2H3. The highest BCUT2D eigenvalue weighted by molar-refractivity contribution is 9.10. The van der Waals surface area contributed by atoms with Crippen molar-refractivity contribution >= 4 is 27.5 Å². The summed E-state index contributed by atoms with van der Waals surface area (Å²) in [5, 5.41) is 0.683. The van der Waals surface area contributed by atoms with Crippen molar-refractivity contribution in [3.05, 3.63) is 68.1 Å². The minimum atomic E-state index is -0.0644. The number of nitrogens with one attached hydrogen (secondary N) is 1. The van der Waals surface area contributed by atoms with Crippen molar-refractivity contribution in [1.29, 1.82) is 0 Å². The summed E-state index contributed by atoms with van der Waals surface area (Å²) in [4.78, 5) is 0.